The molecule has 4 atom stereocenters. The van der Waals surface area contributed by atoms with Gasteiger partial charge in [-0.15, -0.1) is 0 Å². The van der Waals surface area contributed by atoms with Crippen LogP contribution < -0.4 is 10.6 Å². The van der Waals surface area contributed by atoms with Crippen molar-refractivity contribution in [2.24, 2.45) is 16.7 Å². The highest BCUT2D eigenvalue weighted by atomic mass is 16.4. The number of hydrogen-bond acceptors (Lipinski definition) is 2. The molecular weight excluding hydrogens is 244 g/mol. The van der Waals surface area contributed by atoms with Crippen molar-refractivity contribution < 1.29 is 14.7 Å². The fourth-order valence-corrected chi connectivity index (χ4v) is 4.09. The summed E-state index contributed by atoms with van der Waals surface area (Å²) in [5.74, 6) is -0.367. The molecule has 0 aliphatic heterocycles. The third-order valence-electron chi connectivity index (χ3n) is 5.26. The zero-order valence-electron chi connectivity index (χ0n) is 12.1. The molecule has 19 heavy (non-hydrogen) atoms. The van der Waals surface area contributed by atoms with E-state index in [1.54, 1.807) is 0 Å². The molecule has 0 spiro atoms. The van der Waals surface area contributed by atoms with Gasteiger partial charge in [0.2, 0.25) is 0 Å². The van der Waals surface area contributed by atoms with Crippen molar-refractivity contribution in [3.8, 4) is 0 Å². The fraction of sp³-hybridized carbons (Fsp3) is 0.857. The lowest BCUT2D eigenvalue weighted by atomic mass is 9.68. The van der Waals surface area contributed by atoms with Crippen molar-refractivity contribution in [3.05, 3.63) is 0 Å². The molecule has 2 aliphatic rings. The lowest BCUT2D eigenvalue weighted by Gasteiger charge is -2.43. The number of fused-ring (bicyclic) bond motifs is 2. The van der Waals surface area contributed by atoms with E-state index in [0.29, 0.717) is 5.92 Å². The molecule has 2 rings (SSSR count). The number of carbonyl (C=O) groups excluding carboxylic acids is 1. The third-order valence-corrected chi connectivity index (χ3v) is 5.26. The minimum Gasteiger partial charge on any atom is -0.480 e. The second-order valence-corrected chi connectivity index (χ2v) is 7.03. The molecule has 3 N–H and O–H groups in total. The van der Waals surface area contributed by atoms with Gasteiger partial charge in [-0.05, 0) is 42.9 Å². The minimum atomic E-state index is -1.02. The highest BCUT2D eigenvalue weighted by molar-refractivity contribution is 5.82. The van der Waals surface area contributed by atoms with E-state index < -0.39 is 12.0 Å². The summed E-state index contributed by atoms with van der Waals surface area (Å²) in [4.78, 5) is 22.7. The Morgan fingerprint density at radius 1 is 1.32 bits per heavy atom. The summed E-state index contributed by atoms with van der Waals surface area (Å²) in [7, 11) is 0. The summed E-state index contributed by atoms with van der Waals surface area (Å²) in [6.07, 6.45) is 3.52. The Balaban J connectivity index is 2.03. The molecule has 2 fully saturated rings. The Labute approximate surface area is 114 Å². The van der Waals surface area contributed by atoms with Crippen LogP contribution in [0.1, 0.15) is 47.0 Å². The van der Waals surface area contributed by atoms with Crippen LogP contribution in [0.15, 0.2) is 0 Å². The molecule has 108 valence electrons. The second-order valence-electron chi connectivity index (χ2n) is 7.03. The average Bonchev–Trinajstić information content (AvgIpc) is 2.75. The topological polar surface area (TPSA) is 78.4 Å². The van der Waals surface area contributed by atoms with Crippen LogP contribution >= 0.6 is 0 Å². The Morgan fingerprint density at radius 3 is 2.42 bits per heavy atom. The van der Waals surface area contributed by atoms with Gasteiger partial charge < -0.3 is 15.7 Å². The maximum atomic E-state index is 11.9. The number of amides is 2. The summed E-state index contributed by atoms with van der Waals surface area (Å²) in [6.45, 7) is 8.10. The van der Waals surface area contributed by atoms with Crippen molar-refractivity contribution in [2.45, 2.75) is 59.0 Å². The van der Waals surface area contributed by atoms with Crippen LogP contribution in [0, 0.1) is 16.7 Å². The van der Waals surface area contributed by atoms with Crippen molar-refractivity contribution in [1.82, 2.24) is 10.6 Å². The van der Waals surface area contributed by atoms with Gasteiger partial charge in [-0.2, -0.15) is 0 Å². The Hall–Kier alpha value is -1.26. The van der Waals surface area contributed by atoms with Gasteiger partial charge in [0.15, 0.2) is 0 Å². The molecule has 2 bridgehead atoms. The molecule has 2 saturated carbocycles. The smallest absolute Gasteiger partial charge is 0.325 e. The lowest BCUT2D eigenvalue weighted by molar-refractivity contribution is -0.138. The first-order chi connectivity index (χ1) is 8.67. The Kier molecular flexibility index (Phi) is 3.27. The number of nitrogens with one attached hydrogen (secondary N) is 2. The lowest BCUT2D eigenvalue weighted by Crippen LogP contribution is -2.56. The number of carboxylic acids is 1. The number of carbonyl (C=O) groups is 2. The van der Waals surface area contributed by atoms with E-state index in [0.717, 1.165) is 12.8 Å². The van der Waals surface area contributed by atoms with Gasteiger partial charge in [0.05, 0.1) is 0 Å². The van der Waals surface area contributed by atoms with E-state index in [1.165, 1.54) is 13.3 Å². The molecule has 0 heterocycles. The van der Waals surface area contributed by atoms with Gasteiger partial charge in [0.25, 0.3) is 0 Å². The molecule has 0 radical (unpaired) electrons. The molecule has 0 aromatic carbocycles. The number of urea groups is 1. The van der Waals surface area contributed by atoms with E-state index in [1.807, 2.05) is 0 Å². The first-order valence-electron chi connectivity index (χ1n) is 6.96. The molecule has 0 aromatic rings. The number of hydrogen-bond donors (Lipinski definition) is 3. The van der Waals surface area contributed by atoms with Gasteiger partial charge in [0, 0.05) is 6.04 Å². The van der Waals surface area contributed by atoms with Gasteiger partial charge >= 0.3 is 12.0 Å². The van der Waals surface area contributed by atoms with Crippen LogP contribution in [0.4, 0.5) is 4.79 Å². The van der Waals surface area contributed by atoms with Gasteiger partial charge in [0.1, 0.15) is 6.04 Å². The monoisotopic (exact) mass is 268 g/mol. The summed E-state index contributed by atoms with van der Waals surface area (Å²) in [5, 5.41) is 14.3. The number of aliphatic carboxylic acids is 1. The summed E-state index contributed by atoms with van der Waals surface area (Å²) < 4.78 is 0. The van der Waals surface area contributed by atoms with E-state index in [4.69, 9.17) is 5.11 Å². The molecule has 0 aromatic heterocycles. The number of carboxylic acid groups (broad SMARTS) is 1. The van der Waals surface area contributed by atoms with E-state index in [-0.39, 0.29) is 22.9 Å². The predicted octanol–water partition coefficient (Wildman–Crippen LogP) is 1.97. The van der Waals surface area contributed by atoms with E-state index >= 15 is 0 Å². The van der Waals surface area contributed by atoms with Crippen LogP contribution in [-0.2, 0) is 4.79 Å². The standard InChI is InChI=1S/C14H24N2O3/c1-8(10(17)18)15-12(19)16-11-13(2,3)9-5-6-14(11,4)7-9/h8-9,11H,5-7H2,1-4H3,(H,17,18)(H2,15,16,19)/t8-,9?,11?,14?/m0/s1. The highest BCUT2D eigenvalue weighted by Crippen LogP contribution is 2.62. The first kappa shape index (κ1) is 14.2. The first-order valence-corrected chi connectivity index (χ1v) is 6.96. The molecule has 3 unspecified atom stereocenters. The van der Waals surface area contributed by atoms with Crippen LogP contribution in [0.5, 0.6) is 0 Å². The number of rotatable bonds is 3. The predicted molar refractivity (Wildman–Crippen MR) is 71.8 cm³/mol. The molecule has 2 aliphatic carbocycles. The van der Waals surface area contributed by atoms with Gasteiger partial charge in [-0.25, -0.2) is 4.79 Å². The second kappa shape index (κ2) is 4.39. The molecule has 0 saturated heterocycles. The van der Waals surface area contributed by atoms with Gasteiger partial charge in [-0.3, -0.25) is 4.79 Å². The maximum Gasteiger partial charge on any atom is 0.325 e. The Bertz CT molecular complexity index is 403. The van der Waals surface area contributed by atoms with E-state index in [2.05, 4.69) is 31.4 Å². The van der Waals surface area contributed by atoms with Crippen molar-refractivity contribution in [3.63, 3.8) is 0 Å². The minimum absolute atomic E-state index is 0.0802. The largest absolute Gasteiger partial charge is 0.480 e. The zero-order chi connectivity index (χ0) is 14.4. The normalized spacial score (nSPS) is 36.8. The van der Waals surface area contributed by atoms with Crippen LogP contribution in [0.25, 0.3) is 0 Å². The molecule has 5 heteroatoms. The summed E-state index contributed by atoms with van der Waals surface area (Å²) >= 11 is 0. The highest BCUT2D eigenvalue weighted by Gasteiger charge is 2.59. The Morgan fingerprint density at radius 2 is 1.95 bits per heavy atom. The van der Waals surface area contributed by atoms with Crippen molar-refractivity contribution in [1.29, 1.82) is 0 Å². The van der Waals surface area contributed by atoms with Crippen molar-refractivity contribution >= 4 is 12.0 Å². The SMILES string of the molecule is C[C@H](NC(=O)NC1C2(C)CCC(C2)C1(C)C)C(=O)O. The quantitative estimate of drug-likeness (QED) is 0.732. The van der Waals surface area contributed by atoms with Crippen LogP contribution in [-0.4, -0.2) is 29.2 Å². The van der Waals surface area contributed by atoms with E-state index in [9.17, 15) is 9.59 Å². The average molecular weight is 268 g/mol. The fourth-order valence-electron chi connectivity index (χ4n) is 4.09. The van der Waals surface area contributed by atoms with Crippen LogP contribution in [0.3, 0.4) is 0 Å². The zero-order valence-corrected chi connectivity index (χ0v) is 12.1. The van der Waals surface area contributed by atoms with Crippen molar-refractivity contribution in [2.75, 3.05) is 0 Å². The summed E-state index contributed by atoms with van der Waals surface area (Å²) in [6, 6.07) is -1.13. The summed E-state index contributed by atoms with van der Waals surface area (Å²) in [5.41, 5.74) is 0.231. The maximum absolute atomic E-state index is 11.9. The molecule has 5 nitrogen and oxygen atoms in total. The van der Waals surface area contributed by atoms with Gasteiger partial charge in [-0.1, -0.05) is 20.8 Å². The molecule has 2 amide bonds. The molecular formula is C14H24N2O3. The van der Waals surface area contributed by atoms with Crippen LogP contribution in [0.2, 0.25) is 0 Å². The third kappa shape index (κ3) is 2.30.